The Balaban J connectivity index is 1.75. The molecule has 4 aromatic rings. The molecule has 4 rings (SSSR count). The first-order valence-electron chi connectivity index (χ1n) is 12.1. The van der Waals surface area contributed by atoms with Gasteiger partial charge >= 0.3 is 0 Å². The van der Waals surface area contributed by atoms with Crippen LogP contribution in [0.15, 0.2) is 61.4 Å². The number of carbonyl (C=O) groups is 1. The van der Waals surface area contributed by atoms with Crippen LogP contribution < -0.4 is 20.3 Å². The van der Waals surface area contributed by atoms with Gasteiger partial charge < -0.3 is 29.7 Å². The number of methoxy groups -OCH3 is 1. The van der Waals surface area contributed by atoms with Gasteiger partial charge in [-0.2, -0.15) is 0 Å². The van der Waals surface area contributed by atoms with Crippen LogP contribution in [0.3, 0.4) is 0 Å². The number of nitrogens with zero attached hydrogens (tertiary/aromatic N) is 5. The quantitative estimate of drug-likeness (QED) is 0.296. The summed E-state index contributed by atoms with van der Waals surface area (Å²) in [5.74, 6) is -0.851. The first-order valence-corrected chi connectivity index (χ1v) is 12.1. The summed E-state index contributed by atoms with van der Waals surface area (Å²) in [7, 11) is 9.00. The number of ether oxygens (including phenoxy) is 1. The molecule has 0 saturated carbocycles. The van der Waals surface area contributed by atoms with Crippen molar-refractivity contribution in [2.75, 3.05) is 56.9 Å². The second-order valence-electron chi connectivity index (χ2n) is 9.15. The highest BCUT2D eigenvalue weighted by atomic mass is 19.1. The van der Waals surface area contributed by atoms with Gasteiger partial charge in [-0.15, -0.1) is 0 Å². The Labute approximate surface area is 221 Å². The lowest BCUT2D eigenvalue weighted by Crippen LogP contribution is -2.30. The number of likely N-dealkylation sites (N-methyl/N-ethyl adjacent to an activating group) is 2. The monoisotopic (exact) mass is 517 g/mol. The number of halogens is 1. The molecule has 0 aliphatic rings. The third-order valence-corrected chi connectivity index (χ3v) is 6.18. The molecule has 2 aromatic heterocycles. The first kappa shape index (κ1) is 26.6. The molecule has 38 heavy (non-hydrogen) atoms. The Morgan fingerprint density at radius 2 is 1.95 bits per heavy atom. The Kier molecular flexibility index (Phi) is 7.92. The highest BCUT2D eigenvalue weighted by Gasteiger charge is 2.24. The van der Waals surface area contributed by atoms with Gasteiger partial charge in [-0.3, -0.25) is 4.79 Å². The molecule has 0 bridgehead atoms. The van der Waals surface area contributed by atoms with E-state index in [9.17, 15) is 4.79 Å². The van der Waals surface area contributed by atoms with Crippen molar-refractivity contribution in [2.45, 2.75) is 0 Å². The highest BCUT2D eigenvalue weighted by Crippen LogP contribution is 2.41. The van der Waals surface area contributed by atoms with Gasteiger partial charge in [-0.05, 0) is 38.4 Å². The summed E-state index contributed by atoms with van der Waals surface area (Å²) < 4.78 is 23.4. The van der Waals surface area contributed by atoms with Crippen LogP contribution in [0.2, 0.25) is 0 Å². The molecule has 198 valence electrons. The van der Waals surface area contributed by atoms with E-state index >= 15 is 4.39 Å². The fraction of sp³-hybridized carbons (Fsp3) is 0.250. The number of para-hydroxylation sites is 1. The molecule has 2 heterocycles. The Morgan fingerprint density at radius 3 is 2.66 bits per heavy atom. The van der Waals surface area contributed by atoms with Gasteiger partial charge in [0.2, 0.25) is 11.9 Å². The van der Waals surface area contributed by atoms with E-state index in [0.717, 1.165) is 22.5 Å². The van der Waals surface area contributed by atoms with Crippen LogP contribution in [-0.2, 0) is 11.8 Å². The summed E-state index contributed by atoms with van der Waals surface area (Å²) >= 11 is 0. The second-order valence-corrected chi connectivity index (χ2v) is 9.15. The fourth-order valence-corrected chi connectivity index (χ4v) is 4.26. The van der Waals surface area contributed by atoms with Crippen molar-refractivity contribution in [3.8, 4) is 17.0 Å². The van der Waals surface area contributed by atoms with Gasteiger partial charge in [0.25, 0.3) is 0 Å². The van der Waals surface area contributed by atoms with Crippen LogP contribution in [0, 0.1) is 5.82 Å². The van der Waals surface area contributed by atoms with Gasteiger partial charge in [-0.1, -0.05) is 24.8 Å². The standard InChI is InChI=1S/C28H32FN7O2/c1-7-24(37)31-21-16-22(27(38-6)25(29)26(21)35(4)15-14-34(2)3)33-28-30-13-12-20(32-28)19-17-36(5)23-11-9-8-10-18(19)23/h7-13,16-17H,1,14-15H2,2-6H3,(H,31,37)(H,30,32,33). The molecule has 10 heteroatoms. The number of hydrogen-bond acceptors (Lipinski definition) is 7. The molecule has 0 unspecified atom stereocenters. The molecule has 0 saturated heterocycles. The molecule has 0 atom stereocenters. The number of carbonyl (C=O) groups excluding carboxylic acids is 1. The molecule has 2 N–H and O–H groups in total. The molecule has 0 radical (unpaired) electrons. The van der Waals surface area contributed by atoms with E-state index in [1.54, 1.807) is 24.2 Å². The average molecular weight is 518 g/mol. The highest BCUT2D eigenvalue weighted by molar-refractivity contribution is 6.02. The van der Waals surface area contributed by atoms with Crippen molar-refractivity contribution in [3.05, 3.63) is 67.3 Å². The molecule has 1 amide bonds. The molecule has 0 aliphatic carbocycles. The lowest BCUT2D eigenvalue weighted by molar-refractivity contribution is -0.111. The van der Waals surface area contributed by atoms with Crippen LogP contribution in [0.5, 0.6) is 5.75 Å². The summed E-state index contributed by atoms with van der Waals surface area (Å²) in [5.41, 5.74) is 3.47. The van der Waals surface area contributed by atoms with E-state index < -0.39 is 11.7 Å². The second kappa shape index (κ2) is 11.3. The summed E-state index contributed by atoms with van der Waals surface area (Å²) in [4.78, 5) is 25.0. The maximum Gasteiger partial charge on any atom is 0.247 e. The SMILES string of the molecule is C=CC(=O)Nc1cc(Nc2nccc(-c3cn(C)c4ccccc34)n2)c(OC)c(F)c1N(C)CCN(C)C. The van der Waals surface area contributed by atoms with Crippen LogP contribution in [0.4, 0.5) is 27.4 Å². The lowest BCUT2D eigenvalue weighted by atomic mass is 10.1. The van der Waals surface area contributed by atoms with Gasteiger partial charge in [0, 0.05) is 56.0 Å². The van der Waals surface area contributed by atoms with Crippen molar-refractivity contribution >= 4 is 39.8 Å². The minimum Gasteiger partial charge on any atom is -0.492 e. The predicted octanol–water partition coefficient (Wildman–Crippen LogP) is 4.65. The Bertz CT molecular complexity index is 1480. The van der Waals surface area contributed by atoms with Crippen LogP contribution >= 0.6 is 0 Å². The minimum atomic E-state index is -0.622. The zero-order chi connectivity index (χ0) is 27.4. The van der Waals surface area contributed by atoms with E-state index in [1.807, 2.05) is 67.1 Å². The van der Waals surface area contributed by atoms with Gasteiger partial charge in [0.05, 0.1) is 24.2 Å². The Morgan fingerprint density at radius 1 is 1.18 bits per heavy atom. The van der Waals surface area contributed by atoms with Crippen LogP contribution in [-0.4, -0.2) is 66.7 Å². The largest absolute Gasteiger partial charge is 0.492 e. The normalized spacial score (nSPS) is 11.0. The lowest BCUT2D eigenvalue weighted by Gasteiger charge is -2.26. The number of hydrogen-bond donors (Lipinski definition) is 2. The van der Waals surface area contributed by atoms with Gasteiger partial charge in [0.15, 0.2) is 11.6 Å². The van der Waals surface area contributed by atoms with E-state index in [4.69, 9.17) is 4.74 Å². The summed E-state index contributed by atoms with van der Waals surface area (Å²) in [6, 6.07) is 11.5. The number of fused-ring (bicyclic) bond motifs is 1. The van der Waals surface area contributed by atoms with E-state index in [1.165, 1.54) is 7.11 Å². The van der Waals surface area contributed by atoms with Crippen molar-refractivity contribution in [3.63, 3.8) is 0 Å². The van der Waals surface area contributed by atoms with Crippen molar-refractivity contribution in [2.24, 2.45) is 7.05 Å². The fourth-order valence-electron chi connectivity index (χ4n) is 4.26. The summed E-state index contributed by atoms with van der Waals surface area (Å²) in [5, 5.41) is 6.85. The van der Waals surface area contributed by atoms with E-state index in [2.05, 4.69) is 27.2 Å². The number of rotatable bonds is 10. The number of nitrogens with one attached hydrogen (secondary N) is 2. The van der Waals surface area contributed by atoms with E-state index in [0.29, 0.717) is 18.8 Å². The van der Waals surface area contributed by atoms with Crippen molar-refractivity contribution < 1.29 is 13.9 Å². The number of amides is 1. The summed E-state index contributed by atoms with van der Waals surface area (Å²) in [6.07, 6.45) is 4.78. The van der Waals surface area contributed by atoms with E-state index in [-0.39, 0.29) is 28.8 Å². The zero-order valence-electron chi connectivity index (χ0n) is 22.2. The van der Waals surface area contributed by atoms with Crippen molar-refractivity contribution in [1.82, 2.24) is 19.4 Å². The average Bonchev–Trinajstić information content (AvgIpc) is 3.24. The molecule has 0 fully saturated rings. The third-order valence-electron chi connectivity index (χ3n) is 6.18. The van der Waals surface area contributed by atoms with Crippen LogP contribution in [0.25, 0.3) is 22.2 Å². The maximum atomic E-state index is 15.9. The zero-order valence-corrected chi connectivity index (χ0v) is 22.2. The number of anilines is 4. The Hall–Kier alpha value is -4.44. The predicted molar refractivity (Wildman–Crippen MR) is 151 cm³/mol. The van der Waals surface area contributed by atoms with Crippen LogP contribution in [0.1, 0.15) is 0 Å². The molecule has 0 aliphatic heterocycles. The molecular formula is C28H32FN7O2. The topological polar surface area (TPSA) is 87.5 Å². The third kappa shape index (κ3) is 5.45. The number of aryl methyl sites for hydroxylation is 1. The number of aromatic nitrogens is 3. The molecule has 0 spiro atoms. The minimum absolute atomic E-state index is 0.0209. The first-order chi connectivity index (χ1) is 18.2. The van der Waals surface area contributed by atoms with Gasteiger partial charge in [0.1, 0.15) is 5.69 Å². The number of benzene rings is 2. The summed E-state index contributed by atoms with van der Waals surface area (Å²) in [6.45, 7) is 4.71. The van der Waals surface area contributed by atoms with Crippen molar-refractivity contribution in [1.29, 1.82) is 0 Å². The maximum absolute atomic E-state index is 15.9. The molecule has 2 aromatic carbocycles. The van der Waals surface area contributed by atoms with Gasteiger partial charge in [-0.25, -0.2) is 14.4 Å². The smallest absolute Gasteiger partial charge is 0.247 e. The molecular weight excluding hydrogens is 485 g/mol. The molecule has 9 nitrogen and oxygen atoms in total.